The topological polar surface area (TPSA) is 58.6 Å². The lowest BCUT2D eigenvalue weighted by Gasteiger charge is -2.31. The van der Waals surface area contributed by atoms with Crippen LogP contribution in [0.3, 0.4) is 0 Å². The van der Waals surface area contributed by atoms with Crippen molar-refractivity contribution in [3.63, 3.8) is 0 Å². The minimum Gasteiger partial charge on any atom is -0.484 e. The zero-order valence-corrected chi connectivity index (χ0v) is 17.4. The maximum absolute atomic E-state index is 12.9. The number of carbonyl (C=O) groups is 2. The van der Waals surface area contributed by atoms with Crippen molar-refractivity contribution in [1.82, 2.24) is 10.2 Å². The molecule has 1 N–H and O–H groups in total. The summed E-state index contributed by atoms with van der Waals surface area (Å²) in [6.07, 6.45) is 0. The fourth-order valence-electron chi connectivity index (χ4n) is 2.70. The molecule has 0 saturated carbocycles. The van der Waals surface area contributed by atoms with Crippen molar-refractivity contribution in [2.75, 3.05) is 6.61 Å². The maximum Gasteiger partial charge on any atom is 0.261 e. The molecule has 2 aromatic rings. The van der Waals surface area contributed by atoms with E-state index in [0.29, 0.717) is 12.3 Å². The van der Waals surface area contributed by atoms with Crippen molar-refractivity contribution in [2.24, 2.45) is 0 Å². The summed E-state index contributed by atoms with van der Waals surface area (Å²) < 4.78 is 5.65. The number of hydrogen-bond acceptors (Lipinski definition) is 3. The van der Waals surface area contributed by atoms with E-state index in [0.717, 1.165) is 11.1 Å². The number of hydrogen-bond donors (Lipinski definition) is 1. The van der Waals surface area contributed by atoms with Crippen molar-refractivity contribution in [3.05, 3.63) is 65.7 Å². The van der Waals surface area contributed by atoms with E-state index < -0.39 is 6.04 Å². The minimum absolute atomic E-state index is 0.122. The molecule has 5 heteroatoms. The van der Waals surface area contributed by atoms with E-state index in [-0.39, 0.29) is 24.0 Å². The Morgan fingerprint density at radius 2 is 1.64 bits per heavy atom. The summed E-state index contributed by atoms with van der Waals surface area (Å²) in [6.45, 7) is 9.71. The third kappa shape index (κ3) is 6.72. The molecule has 2 rings (SSSR count). The fourth-order valence-corrected chi connectivity index (χ4v) is 2.70. The van der Waals surface area contributed by atoms with Crippen molar-refractivity contribution in [3.8, 4) is 5.75 Å². The number of benzene rings is 2. The Bertz CT molecular complexity index is 780. The van der Waals surface area contributed by atoms with Gasteiger partial charge >= 0.3 is 0 Å². The number of nitrogens with one attached hydrogen (secondary N) is 1. The van der Waals surface area contributed by atoms with Gasteiger partial charge in [-0.2, -0.15) is 0 Å². The van der Waals surface area contributed by atoms with Crippen LogP contribution in [0.2, 0.25) is 0 Å². The van der Waals surface area contributed by atoms with Crippen molar-refractivity contribution in [2.45, 2.75) is 52.7 Å². The summed E-state index contributed by atoms with van der Waals surface area (Å²) in [5.74, 6) is 0.207. The zero-order valence-electron chi connectivity index (χ0n) is 17.4. The number of nitrogens with zero attached hydrogens (tertiary/aromatic N) is 1. The lowest BCUT2D eigenvalue weighted by Crippen LogP contribution is -2.53. The molecule has 0 radical (unpaired) electrons. The third-order valence-electron chi connectivity index (χ3n) is 4.24. The van der Waals surface area contributed by atoms with Crippen molar-refractivity contribution < 1.29 is 14.3 Å². The van der Waals surface area contributed by atoms with E-state index >= 15 is 0 Å². The molecule has 0 aliphatic rings. The van der Waals surface area contributed by atoms with E-state index in [9.17, 15) is 9.59 Å². The summed E-state index contributed by atoms with van der Waals surface area (Å²) in [6, 6.07) is 16.5. The van der Waals surface area contributed by atoms with E-state index in [2.05, 4.69) is 5.32 Å². The largest absolute Gasteiger partial charge is 0.484 e. The molecular formula is C23H30N2O3. The van der Waals surface area contributed by atoms with Gasteiger partial charge in [-0.1, -0.05) is 48.0 Å². The smallest absolute Gasteiger partial charge is 0.261 e. The van der Waals surface area contributed by atoms with Crippen LogP contribution in [-0.2, 0) is 16.1 Å². The van der Waals surface area contributed by atoms with E-state index in [1.807, 2.05) is 82.3 Å². The molecule has 0 aromatic heterocycles. The van der Waals surface area contributed by atoms with Crippen molar-refractivity contribution in [1.29, 1.82) is 0 Å². The summed E-state index contributed by atoms with van der Waals surface area (Å²) in [5.41, 5.74) is 1.71. The summed E-state index contributed by atoms with van der Waals surface area (Å²) in [7, 11) is 0. The van der Waals surface area contributed by atoms with Crippen LogP contribution in [0.25, 0.3) is 0 Å². The monoisotopic (exact) mass is 382 g/mol. The predicted octanol–water partition coefficient (Wildman–Crippen LogP) is 3.71. The highest BCUT2D eigenvalue weighted by Crippen LogP contribution is 2.14. The van der Waals surface area contributed by atoms with Gasteiger partial charge in [-0.15, -0.1) is 0 Å². The third-order valence-corrected chi connectivity index (χ3v) is 4.24. The Morgan fingerprint density at radius 3 is 2.21 bits per heavy atom. The molecule has 0 saturated heterocycles. The van der Waals surface area contributed by atoms with Gasteiger partial charge in [0.05, 0.1) is 0 Å². The average Bonchev–Trinajstić information content (AvgIpc) is 2.64. The van der Waals surface area contributed by atoms with Gasteiger partial charge in [0.1, 0.15) is 11.8 Å². The van der Waals surface area contributed by atoms with Crippen LogP contribution in [0.5, 0.6) is 5.75 Å². The van der Waals surface area contributed by atoms with Gasteiger partial charge in [0.25, 0.3) is 5.91 Å². The second-order valence-electron chi connectivity index (χ2n) is 8.02. The summed E-state index contributed by atoms with van der Waals surface area (Å²) in [4.78, 5) is 27.1. The molecule has 0 heterocycles. The van der Waals surface area contributed by atoms with Crippen LogP contribution in [0.1, 0.15) is 38.8 Å². The molecule has 0 aliphatic heterocycles. The first-order valence-electron chi connectivity index (χ1n) is 9.50. The fraction of sp³-hybridized carbons (Fsp3) is 0.391. The van der Waals surface area contributed by atoms with Crippen LogP contribution in [0.4, 0.5) is 0 Å². The molecular weight excluding hydrogens is 352 g/mol. The Morgan fingerprint density at radius 1 is 1.04 bits per heavy atom. The minimum atomic E-state index is -0.617. The Balaban J connectivity index is 2.12. The lowest BCUT2D eigenvalue weighted by molar-refractivity contribution is -0.142. The number of rotatable bonds is 7. The second-order valence-corrected chi connectivity index (χ2v) is 8.02. The quantitative estimate of drug-likeness (QED) is 0.794. The van der Waals surface area contributed by atoms with Crippen LogP contribution >= 0.6 is 0 Å². The molecule has 28 heavy (non-hydrogen) atoms. The Kier molecular flexibility index (Phi) is 7.21. The molecule has 0 fully saturated rings. The molecule has 0 spiro atoms. The van der Waals surface area contributed by atoms with Gasteiger partial charge < -0.3 is 15.0 Å². The van der Waals surface area contributed by atoms with Crippen molar-refractivity contribution >= 4 is 11.8 Å². The van der Waals surface area contributed by atoms with Gasteiger partial charge in [0.2, 0.25) is 5.91 Å². The molecule has 0 aliphatic carbocycles. The second kappa shape index (κ2) is 9.40. The standard InChI is InChI=1S/C23H30N2O3/c1-17-11-13-20(14-12-17)28-16-21(26)25(15-19-9-7-6-8-10-19)18(2)22(27)24-23(3,4)5/h6-14,18H,15-16H2,1-5H3,(H,24,27). The first kappa shape index (κ1) is 21.5. The van der Waals surface area contributed by atoms with Gasteiger partial charge in [0.15, 0.2) is 6.61 Å². The highest BCUT2D eigenvalue weighted by atomic mass is 16.5. The maximum atomic E-state index is 12.9. The first-order chi connectivity index (χ1) is 13.2. The molecule has 1 atom stereocenters. The lowest BCUT2D eigenvalue weighted by atomic mass is 10.1. The molecule has 0 bridgehead atoms. The number of ether oxygens (including phenoxy) is 1. The van der Waals surface area contributed by atoms with Crippen LogP contribution in [-0.4, -0.2) is 34.9 Å². The van der Waals surface area contributed by atoms with Gasteiger partial charge in [-0.05, 0) is 52.3 Å². The average molecular weight is 383 g/mol. The molecule has 2 aromatic carbocycles. The SMILES string of the molecule is Cc1ccc(OCC(=O)N(Cc2ccccc2)C(C)C(=O)NC(C)(C)C)cc1. The first-order valence-corrected chi connectivity index (χ1v) is 9.50. The highest BCUT2D eigenvalue weighted by Gasteiger charge is 2.28. The van der Waals surface area contributed by atoms with Gasteiger partial charge in [-0.3, -0.25) is 9.59 Å². The molecule has 5 nitrogen and oxygen atoms in total. The molecule has 1 unspecified atom stereocenters. The summed E-state index contributed by atoms with van der Waals surface area (Å²) in [5, 5.41) is 2.95. The summed E-state index contributed by atoms with van der Waals surface area (Å²) >= 11 is 0. The highest BCUT2D eigenvalue weighted by molar-refractivity contribution is 5.88. The normalized spacial score (nSPS) is 12.2. The van der Waals surface area contributed by atoms with Crippen LogP contribution in [0, 0.1) is 6.92 Å². The number of carbonyl (C=O) groups excluding carboxylic acids is 2. The molecule has 2 amide bonds. The van der Waals surface area contributed by atoms with E-state index in [1.54, 1.807) is 11.8 Å². The van der Waals surface area contributed by atoms with Crippen LogP contribution in [0.15, 0.2) is 54.6 Å². The van der Waals surface area contributed by atoms with Gasteiger partial charge in [-0.25, -0.2) is 0 Å². The number of aryl methyl sites for hydroxylation is 1. The molecule has 150 valence electrons. The van der Waals surface area contributed by atoms with E-state index in [4.69, 9.17) is 4.74 Å². The zero-order chi connectivity index (χ0) is 20.7. The van der Waals surface area contributed by atoms with Gasteiger partial charge in [0, 0.05) is 12.1 Å². The van der Waals surface area contributed by atoms with E-state index in [1.165, 1.54) is 0 Å². The van der Waals surface area contributed by atoms with Crippen LogP contribution < -0.4 is 10.1 Å². The Labute approximate surface area is 167 Å². The Hall–Kier alpha value is -2.82. The predicted molar refractivity (Wildman–Crippen MR) is 111 cm³/mol. The number of amides is 2.